The van der Waals surface area contributed by atoms with Crippen molar-refractivity contribution in [1.82, 2.24) is 4.90 Å². The normalized spacial score (nSPS) is 15.7. The molecule has 22 heavy (non-hydrogen) atoms. The minimum atomic E-state index is -0.143. The van der Waals surface area contributed by atoms with Gasteiger partial charge in [0.25, 0.3) is 5.91 Å². The Hall–Kier alpha value is -1.59. The number of halogens is 1. The minimum Gasteiger partial charge on any atom is -0.339 e. The summed E-state index contributed by atoms with van der Waals surface area (Å²) in [6, 6.07) is 4.93. The molecule has 1 aromatic rings. The Morgan fingerprint density at radius 3 is 2.68 bits per heavy atom. The Morgan fingerprint density at radius 2 is 2.05 bits per heavy atom. The zero-order valence-electron chi connectivity index (χ0n) is 12.8. The molecule has 0 aromatic heterocycles. The molecule has 3 N–H and O–H groups in total. The van der Waals surface area contributed by atoms with Crippen molar-refractivity contribution in [2.75, 3.05) is 18.4 Å². The lowest BCUT2D eigenvalue weighted by atomic mass is 10.1. The largest absolute Gasteiger partial charge is 0.339 e. The van der Waals surface area contributed by atoms with E-state index in [2.05, 4.69) is 5.32 Å². The Labute approximate surface area is 135 Å². The molecule has 1 fully saturated rings. The van der Waals surface area contributed by atoms with E-state index in [1.54, 1.807) is 23.1 Å². The number of carbonyl (C=O) groups is 2. The molecule has 1 unspecified atom stereocenters. The Kier molecular flexibility index (Phi) is 5.80. The first-order chi connectivity index (χ1) is 10.5. The van der Waals surface area contributed by atoms with Gasteiger partial charge in [-0.2, -0.15) is 0 Å². The second-order valence-corrected chi connectivity index (χ2v) is 6.19. The van der Waals surface area contributed by atoms with Crippen LogP contribution in [0.1, 0.15) is 43.0 Å². The number of nitrogens with two attached hydrogens (primary N) is 1. The number of hydrogen-bond donors (Lipinski definition) is 2. The van der Waals surface area contributed by atoms with Gasteiger partial charge in [0, 0.05) is 30.6 Å². The fraction of sp³-hybridized carbons (Fsp3) is 0.500. The summed E-state index contributed by atoms with van der Waals surface area (Å²) in [6.45, 7) is 3.37. The fourth-order valence-electron chi connectivity index (χ4n) is 2.46. The molecule has 120 valence electrons. The summed E-state index contributed by atoms with van der Waals surface area (Å²) in [7, 11) is 0. The zero-order valence-corrected chi connectivity index (χ0v) is 13.5. The molecule has 1 saturated heterocycles. The van der Waals surface area contributed by atoms with Crippen LogP contribution in [-0.2, 0) is 4.79 Å². The van der Waals surface area contributed by atoms with Crippen molar-refractivity contribution in [3.8, 4) is 0 Å². The minimum absolute atomic E-state index is 0.0262. The first-order valence-electron chi connectivity index (χ1n) is 7.61. The van der Waals surface area contributed by atoms with Crippen molar-refractivity contribution in [2.45, 2.75) is 38.6 Å². The fourth-order valence-corrected chi connectivity index (χ4v) is 2.64. The van der Waals surface area contributed by atoms with Gasteiger partial charge in [0.15, 0.2) is 0 Å². The van der Waals surface area contributed by atoms with E-state index in [0.29, 0.717) is 29.1 Å². The van der Waals surface area contributed by atoms with E-state index in [4.69, 9.17) is 17.3 Å². The van der Waals surface area contributed by atoms with E-state index < -0.39 is 0 Å². The molecular weight excluding hydrogens is 302 g/mol. The monoisotopic (exact) mass is 323 g/mol. The van der Waals surface area contributed by atoms with E-state index >= 15 is 0 Å². The van der Waals surface area contributed by atoms with Crippen LogP contribution in [0.25, 0.3) is 0 Å². The van der Waals surface area contributed by atoms with Crippen molar-refractivity contribution < 1.29 is 9.59 Å². The molecule has 1 atom stereocenters. The summed E-state index contributed by atoms with van der Waals surface area (Å²) in [5, 5.41) is 3.28. The highest BCUT2D eigenvalue weighted by molar-refractivity contribution is 6.31. The van der Waals surface area contributed by atoms with E-state index in [-0.39, 0.29) is 17.9 Å². The average molecular weight is 324 g/mol. The summed E-state index contributed by atoms with van der Waals surface area (Å²) in [4.78, 5) is 26.3. The van der Waals surface area contributed by atoms with E-state index in [0.717, 1.165) is 25.9 Å². The third kappa shape index (κ3) is 4.45. The topological polar surface area (TPSA) is 75.4 Å². The molecule has 0 aliphatic carbocycles. The molecule has 1 aliphatic rings. The Balaban J connectivity index is 2.13. The van der Waals surface area contributed by atoms with Crippen molar-refractivity contribution in [3.05, 3.63) is 28.8 Å². The number of rotatable bonds is 5. The van der Waals surface area contributed by atoms with Gasteiger partial charge in [0.05, 0.1) is 11.3 Å². The van der Waals surface area contributed by atoms with E-state index in [9.17, 15) is 9.59 Å². The number of anilines is 1. The highest BCUT2D eigenvalue weighted by Gasteiger charge is 2.22. The molecule has 1 heterocycles. The number of benzene rings is 1. The van der Waals surface area contributed by atoms with E-state index in [1.165, 1.54) is 0 Å². The average Bonchev–Trinajstić information content (AvgIpc) is 3.00. The molecule has 2 rings (SSSR count). The number of hydrogen-bond acceptors (Lipinski definition) is 3. The highest BCUT2D eigenvalue weighted by Crippen LogP contribution is 2.24. The van der Waals surface area contributed by atoms with Gasteiger partial charge in [-0.3, -0.25) is 9.59 Å². The lowest BCUT2D eigenvalue weighted by Crippen LogP contribution is -2.29. The predicted octanol–water partition coefficient (Wildman–Crippen LogP) is 2.64. The van der Waals surface area contributed by atoms with Gasteiger partial charge in [0.2, 0.25) is 5.91 Å². The second kappa shape index (κ2) is 7.61. The van der Waals surface area contributed by atoms with Gasteiger partial charge >= 0.3 is 0 Å². The van der Waals surface area contributed by atoms with Crippen LogP contribution in [0.15, 0.2) is 18.2 Å². The van der Waals surface area contributed by atoms with Gasteiger partial charge in [-0.25, -0.2) is 0 Å². The van der Waals surface area contributed by atoms with Crippen LogP contribution in [-0.4, -0.2) is 35.8 Å². The molecule has 0 saturated carbocycles. The van der Waals surface area contributed by atoms with Crippen LogP contribution < -0.4 is 11.1 Å². The van der Waals surface area contributed by atoms with E-state index in [1.807, 2.05) is 6.92 Å². The molecule has 0 bridgehead atoms. The van der Waals surface area contributed by atoms with Crippen LogP contribution in [0.3, 0.4) is 0 Å². The predicted molar refractivity (Wildman–Crippen MR) is 88.1 cm³/mol. The summed E-state index contributed by atoms with van der Waals surface area (Å²) in [5.41, 5.74) is 6.61. The first-order valence-corrected chi connectivity index (χ1v) is 7.99. The molecule has 0 radical (unpaired) electrons. The maximum Gasteiger partial charge on any atom is 0.256 e. The lowest BCUT2D eigenvalue weighted by Gasteiger charge is -2.18. The number of nitrogens with one attached hydrogen (secondary N) is 1. The van der Waals surface area contributed by atoms with Crippen molar-refractivity contribution in [1.29, 1.82) is 0 Å². The van der Waals surface area contributed by atoms with Gasteiger partial charge in [-0.05, 0) is 44.4 Å². The van der Waals surface area contributed by atoms with Crippen molar-refractivity contribution in [2.24, 2.45) is 5.73 Å². The summed E-state index contributed by atoms with van der Waals surface area (Å²) < 4.78 is 0. The van der Waals surface area contributed by atoms with Gasteiger partial charge in [-0.15, -0.1) is 0 Å². The molecule has 1 aliphatic heterocycles. The summed E-state index contributed by atoms with van der Waals surface area (Å²) >= 11 is 6.01. The van der Waals surface area contributed by atoms with Gasteiger partial charge in [0.1, 0.15) is 0 Å². The number of amides is 2. The van der Waals surface area contributed by atoms with Gasteiger partial charge in [-0.1, -0.05) is 11.6 Å². The molecular formula is C16H22ClN3O2. The Morgan fingerprint density at radius 1 is 1.36 bits per heavy atom. The number of likely N-dealkylation sites (tertiary alicyclic amines) is 1. The van der Waals surface area contributed by atoms with Crippen LogP contribution in [0.5, 0.6) is 0 Å². The Bertz CT molecular complexity index is 554. The second-order valence-electron chi connectivity index (χ2n) is 5.75. The maximum atomic E-state index is 12.6. The smallest absolute Gasteiger partial charge is 0.256 e. The molecule has 5 nitrogen and oxygen atoms in total. The zero-order chi connectivity index (χ0) is 16.1. The van der Waals surface area contributed by atoms with Crippen LogP contribution in [0.2, 0.25) is 5.02 Å². The summed E-state index contributed by atoms with van der Waals surface area (Å²) in [6.07, 6.45) is 2.97. The number of carbonyl (C=O) groups excluding carboxylic acids is 2. The summed E-state index contributed by atoms with van der Waals surface area (Å²) in [5.74, 6) is -0.224. The highest BCUT2D eigenvalue weighted by atomic mass is 35.5. The molecule has 2 amide bonds. The van der Waals surface area contributed by atoms with Crippen LogP contribution in [0, 0.1) is 0 Å². The number of nitrogens with zero attached hydrogens (tertiary/aromatic N) is 1. The SMILES string of the molecule is CC(N)CCC(=O)Nc1ccc(Cl)cc1C(=O)N1CCCC1. The standard InChI is InChI=1S/C16H22ClN3O2/c1-11(18)4-7-15(21)19-14-6-5-12(17)10-13(14)16(22)20-8-2-3-9-20/h5-6,10-11H,2-4,7-9,18H2,1H3,(H,19,21). The van der Waals surface area contributed by atoms with Crippen LogP contribution in [0.4, 0.5) is 5.69 Å². The first kappa shape index (κ1) is 16.8. The van der Waals surface area contributed by atoms with Crippen LogP contribution >= 0.6 is 11.6 Å². The quantitative estimate of drug-likeness (QED) is 0.874. The molecule has 6 heteroatoms. The van der Waals surface area contributed by atoms with Gasteiger partial charge < -0.3 is 16.0 Å². The molecule has 0 spiro atoms. The molecule has 1 aromatic carbocycles. The third-order valence-corrected chi connectivity index (χ3v) is 3.94. The third-order valence-electron chi connectivity index (χ3n) is 3.71. The van der Waals surface area contributed by atoms with Crippen molar-refractivity contribution >= 4 is 29.1 Å². The lowest BCUT2D eigenvalue weighted by molar-refractivity contribution is -0.116. The maximum absolute atomic E-state index is 12.6. The van der Waals surface area contributed by atoms with Crippen molar-refractivity contribution in [3.63, 3.8) is 0 Å².